The summed E-state index contributed by atoms with van der Waals surface area (Å²) in [4.78, 5) is 9.89. The van der Waals surface area contributed by atoms with Crippen molar-refractivity contribution in [3.05, 3.63) is 143 Å². The average molecular weight is 505 g/mol. The van der Waals surface area contributed by atoms with Gasteiger partial charge in [0.15, 0.2) is 5.84 Å². The smallest absolute Gasteiger partial charge is 0.154 e. The predicted octanol–water partition coefficient (Wildman–Crippen LogP) is 8.96. The summed E-state index contributed by atoms with van der Waals surface area (Å²) in [5.41, 5.74) is 10.1. The quantitative estimate of drug-likeness (QED) is 0.174. The van der Waals surface area contributed by atoms with Crippen molar-refractivity contribution in [2.45, 2.75) is 25.8 Å². The van der Waals surface area contributed by atoms with Gasteiger partial charge in [-0.2, -0.15) is 0 Å². The molecule has 0 bridgehead atoms. The molecule has 39 heavy (non-hydrogen) atoms. The molecule has 1 aromatic heterocycles. The van der Waals surface area contributed by atoms with E-state index < -0.39 is 0 Å². The molecule has 0 N–H and O–H groups in total. The van der Waals surface area contributed by atoms with E-state index in [0.29, 0.717) is 6.54 Å². The van der Waals surface area contributed by atoms with E-state index in [-0.39, 0.29) is 5.41 Å². The van der Waals surface area contributed by atoms with E-state index in [1.54, 1.807) is 0 Å². The van der Waals surface area contributed by atoms with Gasteiger partial charge in [0.05, 0.1) is 6.54 Å². The van der Waals surface area contributed by atoms with Crippen LogP contribution in [-0.2, 0) is 12.0 Å². The number of aliphatic imine (C=N–C) groups is 2. The van der Waals surface area contributed by atoms with Crippen LogP contribution in [0.2, 0.25) is 0 Å². The van der Waals surface area contributed by atoms with Gasteiger partial charge in [-0.1, -0.05) is 111 Å². The van der Waals surface area contributed by atoms with Gasteiger partial charge in [-0.25, -0.2) is 4.99 Å². The van der Waals surface area contributed by atoms with Crippen LogP contribution in [0, 0.1) is 0 Å². The fourth-order valence-electron chi connectivity index (χ4n) is 5.84. The second kappa shape index (κ2) is 9.21. The van der Waals surface area contributed by atoms with Gasteiger partial charge in [0, 0.05) is 28.0 Å². The number of benzene rings is 5. The molecule has 0 saturated carbocycles. The molecule has 0 fully saturated rings. The Kier molecular flexibility index (Phi) is 5.52. The van der Waals surface area contributed by atoms with Gasteiger partial charge in [0.2, 0.25) is 0 Å². The van der Waals surface area contributed by atoms with Crippen molar-refractivity contribution < 1.29 is 4.42 Å². The lowest BCUT2D eigenvalue weighted by molar-refractivity contribution is 0.657. The van der Waals surface area contributed by atoms with E-state index in [4.69, 9.17) is 14.4 Å². The van der Waals surface area contributed by atoms with Gasteiger partial charge in [0.1, 0.15) is 11.2 Å². The highest BCUT2D eigenvalue weighted by molar-refractivity contribution is 6.08. The van der Waals surface area contributed by atoms with E-state index in [0.717, 1.165) is 33.5 Å². The summed E-state index contributed by atoms with van der Waals surface area (Å²) in [6.07, 6.45) is 1.89. The highest BCUT2D eigenvalue weighted by Gasteiger charge is 2.37. The molecule has 6 aromatic rings. The monoisotopic (exact) mass is 504 g/mol. The third-order valence-electron chi connectivity index (χ3n) is 7.85. The Balaban J connectivity index is 1.34. The van der Waals surface area contributed by atoms with Crippen LogP contribution in [0.4, 0.5) is 0 Å². The second-order valence-corrected chi connectivity index (χ2v) is 10.6. The van der Waals surface area contributed by atoms with Gasteiger partial charge in [-0.3, -0.25) is 4.99 Å². The lowest BCUT2D eigenvalue weighted by atomic mass is 9.82. The lowest BCUT2D eigenvalue weighted by Crippen LogP contribution is -2.15. The van der Waals surface area contributed by atoms with Crippen LogP contribution in [0.15, 0.2) is 130 Å². The van der Waals surface area contributed by atoms with Crippen molar-refractivity contribution in [1.29, 1.82) is 0 Å². The van der Waals surface area contributed by atoms with E-state index in [2.05, 4.69) is 68.4 Å². The zero-order valence-corrected chi connectivity index (χ0v) is 22.1. The molecular formula is C36H28N2O. The van der Waals surface area contributed by atoms with Crippen molar-refractivity contribution in [3.63, 3.8) is 0 Å². The molecule has 7 rings (SSSR count). The van der Waals surface area contributed by atoms with E-state index in [1.165, 1.54) is 33.2 Å². The zero-order chi connectivity index (χ0) is 26.4. The second-order valence-electron chi connectivity index (χ2n) is 10.6. The fraction of sp³-hybridized carbons (Fsp3) is 0.111. The third-order valence-corrected chi connectivity index (χ3v) is 7.85. The normalized spacial score (nSPS) is 14.3. The van der Waals surface area contributed by atoms with Crippen molar-refractivity contribution in [1.82, 2.24) is 0 Å². The minimum atomic E-state index is -0.120. The maximum atomic E-state index is 6.28. The van der Waals surface area contributed by atoms with E-state index in [9.17, 15) is 0 Å². The lowest BCUT2D eigenvalue weighted by Gasteiger charge is -2.21. The molecule has 1 heterocycles. The Morgan fingerprint density at radius 3 is 2.28 bits per heavy atom. The molecule has 5 aromatic carbocycles. The molecular weight excluding hydrogens is 476 g/mol. The number of rotatable bonds is 4. The fourth-order valence-corrected chi connectivity index (χ4v) is 5.84. The summed E-state index contributed by atoms with van der Waals surface area (Å²) in [5, 5.41) is 2.34. The highest BCUT2D eigenvalue weighted by atomic mass is 16.3. The minimum absolute atomic E-state index is 0.120. The van der Waals surface area contributed by atoms with Gasteiger partial charge in [0.25, 0.3) is 0 Å². The predicted molar refractivity (Wildman–Crippen MR) is 162 cm³/mol. The molecule has 0 saturated heterocycles. The molecule has 0 atom stereocenters. The molecule has 1 aliphatic carbocycles. The highest BCUT2D eigenvalue weighted by Crippen LogP contribution is 2.52. The first kappa shape index (κ1) is 23.4. The molecule has 0 unspecified atom stereocenters. The first-order valence-electron chi connectivity index (χ1n) is 13.4. The maximum absolute atomic E-state index is 6.28. The van der Waals surface area contributed by atoms with Gasteiger partial charge in [-0.15, -0.1) is 0 Å². The van der Waals surface area contributed by atoms with Crippen LogP contribution in [-0.4, -0.2) is 12.1 Å². The number of hydrogen-bond acceptors (Lipinski definition) is 2. The Labute approximate surface area is 228 Å². The molecule has 0 amide bonds. The number of para-hydroxylation sites is 1. The molecule has 3 heteroatoms. The molecule has 188 valence electrons. The molecule has 3 nitrogen and oxygen atoms in total. The first-order chi connectivity index (χ1) is 19.1. The summed E-state index contributed by atoms with van der Waals surface area (Å²) >= 11 is 0. The van der Waals surface area contributed by atoms with Crippen LogP contribution < -0.4 is 0 Å². The summed E-state index contributed by atoms with van der Waals surface area (Å²) < 4.78 is 6.28. The number of nitrogens with zero attached hydrogens (tertiary/aromatic N) is 2. The summed E-state index contributed by atoms with van der Waals surface area (Å²) in [6, 6.07) is 39.8. The van der Waals surface area contributed by atoms with Crippen LogP contribution >= 0.6 is 0 Å². The summed E-state index contributed by atoms with van der Waals surface area (Å²) in [7, 11) is 0. The van der Waals surface area contributed by atoms with Gasteiger partial charge in [-0.05, 0) is 51.6 Å². The Hall–Kier alpha value is -4.76. The van der Waals surface area contributed by atoms with Crippen molar-refractivity contribution >= 4 is 34.0 Å². The average Bonchev–Trinajstić information content (AvgIpc) is 3.45. The van der Waals surface area contributed by atoms with Crippen LogP contribution in [0.25, 0.3) is 33.1 Å². The Morgan fingerprint density at radius 2 is 1.46 bits per heavy atom. The maximum Gasteiger partial charge on any atom is 0.154 e. The van der Waals surface area contributed by atoms with Gasteiger partial charge >= 0.3 is 0 Å². The topological polar surface area (TPSA) is 37.9 Å². The largest absolute Gasteiger partial charge is 0.456 e. The first-order valence-corrected chi connectivity index (χ1v) is 13.4. The van der Waals surface area contributed by atoms with Crippen molar-refractivity contribution in [3.8, 4) is 11.1 Å². The van der Waals surface area contributed by atoms with Crippen LogP contribution in [0.5, 0.6) is 0 Å². The Bertz CT molecular complexity index is 1890. The summed E-state index contributed by atoms with van der Waals surface area (Å²) in [5.74, 6) is 0.724. The number of amidine groups is 1. The molecule has 0 radical (unpaired) electrons. The number of hydrogen-bond donors (Lipinski definition) is 0. The summed E-state index contributed by atoms with van der Waals surface area (Å²) in [6.45, 7) is 5.17. The van der Waals surface area contributed by atoms with Crippen molar-refractivity contribution in [2.24, 2.45) is 9.98 Å². The minimum Gasteiger partial charge on any atom is -0.456 e. The SMILES string of the molecule is CC1(C)c2cc3c(cc2-c2c(CN=C(N=Cc4ccccc4)c4ccccc4)cccc21)oc1ccccc13. The standard InChI is InChI=1S/C36H28N2O/c1-36(2)30-18-11-16-26(23-38-35(25-14-7-4-8-15-25)37-22-24-12-5-3-6-13-24)34(30)29-21-33-28(20-31(29)36)27-17-9-10-19-32(27)39-33/h3-22H,23H2,1-2H3. The molecule has 1 aliphatic rings. The number of fused-ring (bicyclic) bond motifs is 6. The van der Waals surface area contributed by atoms with Gasteiger partial charge < -0.3 is 4.42 Å². The third kappa shape index (κ3) is 3.98. The van der Waals surface area contributed by atoms with E-state index in [1.807, 2.05) is 66.9 Å². The van der Waals surface area contributed by atoms with E-state index >= 15 is 0 Å². The van der Waals surface area contributed by atoms with Crippen molar-refractivity contribution in [2.75, 3.05) is 0 Å². The molecule has 0 spiro atoms. The van der Waals surface area contributed by atoms with Crippen LogP contribution in [0.3, 0.4) is 0 Å². The number of furan rings is 1. The zero-order valence-electron chi connectivity index (χ0n) is 22.1. The molecule has 0 aliphatic heterocycles. The Morgan fingerprint density at radius 1 is 0.718 bits per heavy atom. The van der Waals surface area contributed by atoms with Crippen LogP contribution in [0.1, 0.15) is 41.7 Å².